The topological polar surface area (TPSA) is 83.5 Å². The summed E-state index contributed by atoms with van der Waals surface area (Å²) in [5, 5.41) is 8.32. The standard InChI is InChI=1S/C8H12N4O/c9-8(12-13)11-6-3-7-1-4-10-5-2-7/h1-2,4-5,13H,3,6H2,(H3,9,11,12). The Labute approximate surface area is 76.3 Å². The van der Waals surface area contributed by atoms with Crippen LogP contribution in [0.1, 0.15) is 5.56 Å². The maximum Gasteiger partial charge on any atom is 0.212 e. The van der Waals surface area contributed by atoms with Crippen molar-refractivity contribution in [1.29, 1.82) is 0 Å². The van der Waals surface area contributed by atoms with Crippen molar-refractivity contribution >= 4 is 5.96 Å². The average Bonchev–Trinajstić information content (AvgIpc) is 2.19. The molecule has 5 heteroatoms. The third kappa shape index (κ3) is 3.53. The molecule has 0 spiro atoms. The molecule has 1 rings (SSSR count). The predicted molar refractivity (Wildman–Crippen MR) is 49.4 cm³/mol. The third-order valence-corrected chi connectivity index (χ3v) is 1.55. The fourth-order valence-corrected chi connectivity index (χ4v) is 0.890. The van der Waals surface area contributed by atoms with Gasteiger partial charge >= 0.3 is 0 Å². The van der Waals surface area contributed by atoms with E-state index < -0.39 is 0 Å². The molecular formula is C8H12N4O. The smallest absolute Gasteiger partial charge is 0.212 e. The second kappa shape index (κ2) is 5.10. The summed E-state index contributed by atoms with van der Waals surface area (Å²) >= 11 is 0. The molecule has 0 saturated heterocycles. The Balaban J connectivity index is 2.36. The molecule has 0 amide bonds. The number of pyridine rings is 1. The van der Waals surface area contributed by atoms with Crippen LogP contribution in [0.25, 0.3) is 0 Å². The van der Waals surface area contributed by atoms with Crippen LogP contribution in [0.5, 0.6) is 0 Å². The van der Waals surface area contributed by atoms with Gasteiger partial charge in [0.15, 0.2) is 0 Å². The van der Waals surface area contributed by atoms with Crippen LogP contribution in [0.15, 0.2) is 29.5 Å². The highest BCUT2D eigenvalue weighted by atomic mass is 16.5. The van der Waals surface area contributed by atoms with E-state index in [0.29, 0.717) is 6.54 Å². The van der Waals surface area contributed by atoms with Crippen molar-refractivity contribution in [3.05, 3.63) is 30.1 Å². The van der Waals surface area contributed by atoms with Crippen molar-refractivity contribution in [2.75, 3.05) is 6.54 Å². The molecule has 13 heavy (non-hydrogen) atoms. The van der Waals surface area contributed by atoms with Gasteiger partial charge in [-0.05, 0) is 24.1 Å². The molecule has 0 radical (unpaired) electrons. The molecule has 1 heterocycles. The van der Waals surface area contributed by atoms with Gasteiger partial charge in [-0.1, -0.05) is 0 Å². The van der Waals surface area contributed by atoms with Gasteiger partial charge < -0.3 is 5.73 Å². The number of nitrogens with one attached hydrogen (secondary N) is 1. The maximum absolute atomic E-state index is 8.32. The zero-order valence-corrected chi connectivity index (χ0v) is 7.14. The summed E-state index contributed by atoms with van der Waals surface area (Å²) in [4.78, 5) is 7.74. The molecule has 0 fully saturated rings. The Kier molecular flexibility index (Phi) is 3.72. The van der Waals surface area contributed by atoms with Gasteiger partial charge in [-0.2, -0.15) is 0 Å². The Morgan fingerprint density at radius 2 is 2.23 bits per heavy atom. The number of guanidine groups is 1. The van der Waals surface area contributed by atoms with Crippen molar-refractivity contribution in [1.82, 2.24) is 10.5 Å². The van der Waals surface area contributed by atoms with Gasteiger partial charge in [0.25, 0.3) is 0 Å². The second-order valence-corrected chi connectivity index (χ2v) is 2.48. The summed E-state index contributed by atoms with van der Waals surface area (Å²) < 4.78 is 0. The van der Waals surface area contributed by atoms with E-state index in [1.807, 2.05) is 12.1 Å². The van der Waals surface area contributed by atoms with Crippen LogP contribution in [-0.4, -0.2) is 22.7 Å². The quantitative estimate of drug-likeness (QED) is 0.345. The lowest BCUT2D eigenvalue weighted by atomic mass is 10.2. The molecule has 0 unspecified atom stereocenters. The molecule has 1 aromatic rings. The van der Waals surface area contributed by atoms with Gasteiger partial charge in [0.2, 0.25) is 5.96 Å². The highest BCUT2D eigenvalue weighted by molar-refractivity contribution is 5.76. The molecular weight excluding hydrogens is 168 g/mol. The molecule has 0 aliphatic carbocycles. The first-order chi connectivity index (χ1) is 6.33. The molecule has 0 saturated carbocycles. The van der Waals surface area contributed by atoms with Crippen molar-refractivity contribution in [3.63, 3.8) is 0 Å². The number of aliphatic imine (C=N–C) groups is 1. The number of aromatic nitrogens is 1. The van der Waals surface area contributed by atoms with Crippen LogP contribution in [0.2, 0.25) is 0 Å². The zero-order valence-electron chi connectivity index (χ0n) is 7.14. The Morgan fingerprint density at radius 1 is 1.54 bits per heavy atom. The molecule has 1 aromatic heterocycles. The van der Waals surface area contributed by atoms with Gasteiger partial charge in [-0.3, -0.25) is 15.2 Å². The molecule has 5 nitrogen and oxygen atoms in total. The lowest BCUT2D eigenvalue weighted by Crippen LogP contribution is -2.28. The predicted octanol–water partition coefficient (Wildman–Crippen LogP) is -0.0824. The number of nitrogens with zero attached hydrogens (tertiary/aromatic N) is 2. The van der Waals surface area contributed by atoms with Gasteiger partial charge in [0, 0.05) is 18.9 Å². The van der Waals surface area contributed by atoms with Crippen molar-refractivity contribution in [2.24, 2.45) is 10.7 Å². The number of hydroxylamine groups is 1. The van der Waals surface area contributed by atoms with Crippen LogP contribution in [0.4, 0.5) is 0 Å². The summed E-state index contributed by atoms with van der Waals surface area (Å²) in [6, 6.07) is 3.83. The SMILES string of the molecule is NC(=NCCc1ccncc1)NO. The van der Waals surface area contributed by atoms with E-state index in [1.165, 1.54) is 0 Å². The Hall–Kier alpha value is -1.62. The fourth-order valence-electron chi connectivity index (χ4n) is 0.890. The van der Waals surface area contributed by atoms with Crippen LogP contribution >= 0.6 is 0 Å². The van der Waals surface area contributed by atoms with Gasteiger partial charge in [0.1, 0.15) is 0 Å². The maximum atomic E-state index is 8.32. The van der Waals surface area contributed by atoms with E-state index in [9.17, 15) is 0 Å². The van der Waals surface area contributed by atoms with Crippen LogP contribution in [0, 0.1) is 0 Å². The minimum absolute atomic E-state index is 0.0362. The van der Waals surface area contributed by atoms with Crippen LogP contribution < -0.4 is 11.2 Å². The normalized spacial score (nSPS) is 11.3. The van der Waals surface area contributed by atoms with E-state index in [-0.39, 0.29) is 5.96 Å². The number of nitrogens with two attached hydrogens (primary N) is 1. The minimum atomic E-state index is 0.0362. The van der Waals surface area contributed by atoms with E-state index in [0.717, 1.165) is 12.0 Å². The van der Waals surface area contributed by atoms with Gasteiger partial charge in [0.05, 0.1) is 0 Å². The Morgan fingerprint density at radius 3 is 2.85 bits per heavy atom. The van der Waals surface area contributed by atoms with Crippen LogP contribution in [-0.2, 0) is 6.42 Å². The van der Waals surface area contributed by atoms with E-state index in [4.69, 9.17) is 10.9 Å². The lowest BCUT2D eigenvalue weighted by molar-refractivity contribution is 0.232. The second-order valence-electron chi connectivity index (χ2n) is 2.48. The van der Waals surface area contributed by atoms with E-state index in [1.54, 1.807) is 17.9 Å². The first-order valence-electron chi connectivity index (χ1n) is 3.92. The van der Waals surface area contributed by atoms with Gasteiger partial charge in [-0.15, -0.1) is 0 Å². The molecule has 0 bridgehead atoms. The first kappa shape index (κ1) is 9.47. The molecule has 4 N–H and O–H groups in total. The molecule has 70 valence electrons. The molecule has 0 aromatic carbocycles. The highest BCUT2D eigenvalue weighted by Crippen LogP contribution is 1.96. The monoisotopic (exact) mass is 180 g/mol. The summed E-state index contributed by atoms with van der Waals surface area (Å²) in [7, 11) is 0. The van der Waals surface area contributed by atoms with Crippen molar-refractivity contribution in [2.45, 2.75) is 6.42 Å². The molecule has 0 atom stereocenters. The average molecular weight is 180 g/mol. The van der Waals surface area contributed by atoms with Crippen molar-refractivity contribution in [3.8, 4) is 0 Å². The zero-order chi connectivity index (χ0) is 9.52. The lowest BCUT2D eigenvalue weighted by Gasteiger charge is -1.98. The fraction of sp³-hybridized carbons (Fsp3) is 0.250. The minimum Gasteiger partial charge on any atom is -0.368 e. The summed E-state index contributed by atoms with van der Waals surface area (Å²) in [6.45, 7) is 0.545. The molecule has 0 aliphatic rings. The van der Waals surface area contributed by atoms with Crippen LogP contribution in [0.3, 0.4) is 0 Å². The van der Waals surface area contributed by atoms with E-state index >= 15 is 0 Å². The molecule has 0 aliphatic heterocycles. The third-order valence-electron chi connectivity index (χ3n) is 1.55. The first-order valence-corrected chi connectivity index (χ1v) is 3.92. The summed E-state index contributed by atoms with van der Waals surface area (Å²) in [5.74, 6) is 0.0362. The Bertz CT molecular complexity index is 273. The largest absolute Gasteiger partial charge is 0.368 e. The van der Waals surface area contributed by atoms with Gasteiger partial charge in [-0.25, -0.2) is 5.48 Å². The number of rotatable bonds is 3. The summed E-state index contributed by atoms with van der Waals surface area (Å²) in [5.41, 5.74) is 8.12. The van der Waals surface area contributed by atoms with Crippen molar-refractivity contribution < 1.29 is 5.21 Å². The number of hydrogen-bond acceptors (Lipinski definition) is 3. The van der Waals surface area contributed by atoms with E-state index in [2.05, 4.69) is 9.98 Å². The summed E-state index contributed by atoms with van der Waals surface area (Å²) in [6.07, 6.45) is 4.24. The number of hydrogen-bond donors (Lipinski definition) is 3. The highest BCUT2D eigenvalue weighted by Gasteiger charge is 1.90.